The van der Waals surface area contributed by atoms with Gasteiger partial charge in [0, 0.05) is 6.54 Å². The number of nitrogens with one attached hydrogen (secondary N) is 1. The van der Waals surface area contributed by atoms with E-state index in [1.165, 1.54) is 22.9 Å². The molecule has 0 spiro atoms. The summed E-state index contributed by atoms with van der Waals surface area (Å²) in [6.07, 6.45) is 0.782. The van der Waals surface area contributed by atoms with Crippen LogP contribution < -0.4 is 10.9 Å². The third-order valence-corrected chi connectivity index (χ3v) is 6.99. The van der Waals surface area contributed by atoms with E-state index in [2.05, 4.69) is 34.6 Å². The molecule has 2 aromatic heterocycles. The number of carbonyl (C=O) groups excluding carboxylic acids is 1. The van der Waals surface area contributed by atoms with Gasteiger partial charge in [0.05, 0.1) is 22.3 Å². The average Bonchev–Trinajstić information content (AvgIpc) is 3.29. The van der Waals surface area contributed by atoms with Gasteiger partial charge in [-0.05, 0) is 55.2 Å². The molecule has 5 aromatic rings. The quantitative estimate of drug-likeness (QED) is 0.353. The predicted molar refractivity (Wildman–Crippen MR) is 139 cm³/mol. The van der Waals surface area contributed by atoms with E-state index in [0.29, 0.717) is 28.4 Å². The average molecular weight is 484 g/mol. The van der Waals surface area contributed by atoms with E-state index in [4.69, 9.17) is 0 Å². The lowest BCUT2D eigenvalue weighted by molar-refractivity contribution is -0.118. The normalized spacial score (nSPS) is 11.3. The highest BCUT2D eigenvalue weighted by atomic mass is 32.2. The van der Waals surface area contributed by atoms with Crippen LogP contribution in [0.4, 0.5) is 0 Å². The molecule has 0 fully saturated rings. The molecule has 0 saturated carbocycles. The highest BCUT2D eigenvalue weighted by Gasteiger charge is 2.19. The number of fused-ring (bicyclic) bond motifs is 3. The molecular weight excluding hydrogens is 458 g/mol. The maximum absolute atomic E-state index is 13.4. The highest BCUT2D eigenvalue weighted by Crippen LogP contribution is 2.24. The molecule has 35 heavy (non-hydrogen) atoms. The molecule has 8 heteroatoms. The van der Waals surface area contributed by atoms with Crippen LogP contribution in [-0.2, 0) is 11.2 Å². The summed E-state index contributed by atoms with van der Waals surface area (Å²) in [5, 5.41) is 12.8. The third-order valence-electron chi connectivity index (χ3n) is 6.06. The van der Waals surface area contributed by atoms with Crippen molar-refractivity contribution >= 4 is 34.3 Å². The second-order valence-electron chi connectivity index (χ2n) is 8.38. The smallest absolute Gasteiger partial charge is 0.267 e. The summed E-state index contributed by atoms with van der Waals surface area (Å²) < 4.78 is 3.45. The molecule has 0 aliphatic rings. The van der Waals surface area contributed by atoms with Gasteiger partial charge in [0.25, 0.3) is 5.56 Å². The van der Waals surface area contributed by atoms with Gasteiger partial charge in [-0.3, -0.25) is 14.0 Å². The van der Waals surface area contributed by atoms with E-state index in [0.717, 1.165) is 17.7 Å². The van der Waals surface area contributed by atoms with Crippen LogP contribution in [0.3, 0.4) is 0 Å². The summed E-state index contributed by atoms with van der Waals surface area (Å²) in [5.74, 6) is 0.550. The van der Waals surface area contributed by atoms with Gasteiger partial charge >= 0.3 is 0 Å². The van der Waals surface area contributed by atoms with Crippen LogP contribution in [0.25, 0.3) is 22.4 Å². The van der Waals surface area contributed by atoms with Crippen molar-refractivity contribution in [3.8, 4) is 5.69 Å². The summed E-state index contributed by atoms with van der Waals surface area (Å²) >= 11 is 1.30. The number of nitrogens with zero attached hydrogens (tertiary/aromatic N) is 4. The summed E-state index contributed by atoms with van der Waals surface area (Å²) in [6, 6.07) is 23.3. The summed E-state index contributed by atoms with van der Waals surface area (Å²) in [5.41, 5.74) is 4.72. The van der Waals surface area contributed by atoms with Crippen molar-refractivity contribution < 1.29 is 4.79 Å². The first kappa shape index (κ1) is 22.9. The minimum absolute atomic E-state index is 0.0723. The first-order valence-corrected chi connectivity index (χ1v) is 12.4. The zero-order chi connectivity index (χ0) is 24.4. The standard InChI is InChI=1S/C27H25N5O2S/c1-18-9-3-5-11-20(18)15-16-28-24(33)17-35-27-30-29-26-31(22-13-7-4-10-19(22)2)25(34)21-12-6-8-14-23(21)32(26)27/h3-14H,15-17H2,1-2H3,(H,28,33). The lowest BCUT2D eigenvalue weighted by atomic mass is 10.1. The Balaban J connectivity index is 1.43. The number of thioether (sulfide) groups is 1. The number of carbonyl (C=O) groups is 1. The van der Waals surface area contributed by atoms with Gasteiger partial charge in [0.1, 0.15) is 0 Å². The zero-order valence-corrected chi connectivity index (χ0v) is 20.4. The molecule has 0 saturated heterocycles. The number of para-hydroxylation sites is 2. The van der Waals surface area contributed by atoms with Crippen LogP contribution in [0, 0.1) is 13.8 Å². The Morgan fingerprint density at radius 3 is 2.43 bits per heavy atom. The molecule has 0 radical (unpaired) electrons. The van der Waals surface area contributed by atoms with Crippen LogP contribution in [-0.4, -0.2) is 37.4 Å². The Morgan fingerprint density at radius 1 is 0.914 bits per heavy atom. The van der Waals surface area contributed by atoms with E-state index in [1.807, 2.05) is 65.9 Å². The van der Waals surface area contributed by atoms with Gasteiger partial charge in [-0.25, -0.2) is 4.57 Å². The molecule has 1 amide bonds. The van der Waals surface area contributed by atoms with Crippen molar-refractivity contribution in [1.82, 2.24) is 24.5 Å². The second-order valence-corrected chi connectivity index (χ2v) is 9.32. The number of hydrogen-bond donors (Lipinski definition) is 1. The summed E-state index contributed by atoms with van der Waals surface area (Å²) in [4.78, 5) is 26.0. The number of rotatable bonds is 7. The molecule has 7 nitrogen and oxygen atoms in total. The number of amides is 1. The van der Waals surface area contributed by atoms with Gasteiger partial charge in [0.2, 0.25) is 11.7 Å². The van der Waals surface area contributed by atoms with Crippen molar-refractivity contribution in [3.05, 3.63) is 99.8 Å². The second kappa shape index (κ2) is 9.76. The highest BCUT2D eigenvalue weighted by molar-refractivity contribution is 7.99. The van der Waals surface area contributed by atoms with Crippen LogP contribution in [0.5, 0.6) is 0 Å². The Labute approximate surface area is 206 Å². The molecule has 176 valence electrons. The van der Waals surface area contributed by atoms with Crippen LogP contribution in [0.2, 0.25) is 0 Å². The van der Waals surface area contributed by atoms with Crippen molar-refractivity contribution in [2.45, 2.75) is 25.4 Å². The number of hydrogen-bond acceptors (Lipinski definition) is 5. The Kier molecular flexibility index (Phi) is 6.37. The molecule has 0 aliphatic heterocycles. The molecule has 2 heterocycles. The number of aryl methyl sites for hydroxylation is 2. The topological polar surface area (TPSA) is 81.3 Å². The molecule has 0 aliphatic carbocycles. The molecule has 3 aromatic carbocycles. The predicted octanol–water partition coefficient (Wildman–Crippen LogP) is 4.10. The van der Waals surface area contributed by atoms with Crippen molar-refractivity contribution in [1.29, 1.82) is 0 Å². The van der Waals surface area contributed by atoms with Gasteiger partial charge in [-0.15, -0.1) is 10.2 Å². The van der Waals surface area contributed by atoms with E-state index < -0.39 is 0 Å². The fourth-order valence-corrected chi connectivity index (χ4v) is 4.98. The maximum atomic E-state index is 13.4. The van der Waals surface area contributed by atoms with E-state index in [9.17, 15) is 9.59 Å². The SMILES string of the molecule is Cc1ccccc1CCNC(=O)CSc1nnc2n(-c3ccccc3C)c(=O)c3ccccc3n12. The van der Waals surface area contributed by atoms with E-state index in [-0.39, 0.29) is 17.2 Å². The zero-order valence-electron chi connectivity index (χ0n) is 19.6. The van der Waals surface area contributed by atoms with Gasteiger partial charge in [0.15, 0.2) is 5.16 Å². The minimum Gasteiger partial charge on any atom is -0.355 e. The maximum Gasteiger partial charge on any atom is 0.267 e. The fourth-order valence-electron chi connectivity index (χ4n) is 4.21. The van der Waals surface area contributed by atoms with E-state index in [1.54, 1.807) is 10.6 Å². The minimum atomic E-state index is -0.153. The van der Waals surface area contributed by atoms with Gasteiger partial charge in [-0.2, -0.15) is 0 Å². The molecule has 5 rings (SSSR count). The fraction of sp³-hybridized carbons (Fsp3) is 0.185. The van der Waals surface area contributed by atoms with E-state index >= 15 is 0 Å². The lowest BCUT2D eigenvalue weighted by Crippen LogP contribution is -2.27. The Morgan fingerprint density at radius 2 is 1.63 bits per heavy atom. The largest absolute Gasteiger partial charge is 0.355 e. The van der Waals surface area contributed by atoms with Gasteiger partial charge < -0.3 is 5.32 Å². The molecular formula is C27H25N5O2S. The Bertz CT molecular complexity index is 1600. The molecule has 0 atom stereocenters. The molecule has 0 bridgehead atoms. The van der Waals surface area contributed by atoms with Crippen molar-refractivity contribution in [2.24, 2.45) is 0 Å². The lowest BCUT2D eigenvalue weighted by Gasteiger charge is -2.13. The number of aromatic nitrogens is 4. The monoisotopic (exact) mass is 483 g/mol. The Hall–Kier alpha value is -3.91. The first-order valence-electron chi connectivity index (χ1n) is 11.4. The summed E-state index contributed by atoms with van der Waals surface area (Å²) in [6.45, 7) is 4.60. The molecule has 0 unspecified atom stereocenters. The first-order chi connectivity index (χ1) is 17.0. The van der Waals surface area contributed by atoms with Crippen LogP contribution in [0.1, 0.15) is 16.7 Å². The molecule has 1 N–H and O–H groups in total. The third kappa shape index (κ3) is 4.44. The van der Waals surface area contributed by atoms with Crippen LogP contribution in [0.15, 0.2) is 82.7 Å². The van der Waals surface area contributed by atoms with Crippen LogP contribution >= 0.6 is 11.8 Å². The number of benzene rings is 3. The van der Waals surface area contributed by atoms with Crippen molar-refractivity contribution in [3.63, 3.8) is 0 Å². The van der Waals surface area contributed by atoms with Gasteiger partial charge in [-0.1, -0.05) is 66.4 Å². The van der Waals surface area contributed by atoms with Crippen molar-refractivity contribution in [2.75, 3.05) is 12.3 Å². The summed E-state index contributed by atoms with van der Waals surface area (Å²) in [7, 11) is 0.